The number of amides is 1. The highest BCUT2D eigenvalue weighted by Gasteiger charge is 2.15. The van der Waals surface area contributed by atoms with Gasteiger partial charge in [-0.1, -0.05) is 31.2 Å². The van der Waals surface area contributed by atoms with Gasteiger partial charge in [-0.15, -0.1) is 0 Å². The zero-order valence-electron chi connectivity index (χ0n) is 13.2. The molecule has 0 aromatic heterocycles. The molecule has 0 spiro atoms. The summed E-state index contributed by atoms with van der Waals surface area (Å²) in [5, 5.41) is 13.6. The summed E-state index contributed by atoms with van der Waals surface area (Å²) in [6.45, 7) is 2.19. The summed E-state index contributed by atoms with van der Waals surface area (Å²) in [5.74, 6) is 0.187. The quantitative estimate of drug-likeness (QED) is 0.592. The van der Waals surface area contributed by atoms with Gasteiger partial charge in [-0.25, -0.2) is 0 Å². The van der Waals surface area contributed by atoms with Gasteiger partial charge in [0, 0.05) is 6.07 Å². The molecule has 0 bridgehead atoms. The van der Waals surface area contributed by atoms with Crippen molar-refractivity contribution >= 4 is 17.3 Å². The van der Waals surface area contributed by atoms with Gasteiger partial charge in [0.05, 0.1) is 17.2 Å². The number of anilines is 1. The molecule has 0 aliphatic carbocycles. The number of nitro benzene ring substituents is 1. The molecule has 1 N–H and O–H groups in total. The summed E-state index contributed by atoms with van der Waals surface area (Å²) < 4.78 is 10.8. The van der Waals surface area contributed by atoms with E-state index in [-0.39, 0.29) is 18.0 Å². The maximum Gasteiger partial charge on any atom is 0.310 e. The zero-order chi connectivity index (χ0) is 17.4. The summed E-state index contributed by atoms with van der Waals surface area (Å²) in [7, 11) is 0. The van der Waals surface area contributed by atoms with Crippen LogP contribution in [-0.2, 0) is 4.79 Å². The minimum atomic E-state index is -0.554. The topological polar surface area (TPSA) is 90.7 Å². The molecule has 24 heavy (non-hydrogen) atoms. The predicted octanol–water partition coefficient (Wildman–Crippen LogP) is 3.40. The molecule has 0 saturated carbocycles. The molecule has 0 atom stereocenters. The lowest BCUT2D eigenvalue weighted by atomic mass is 10.3. The number of carbonyl (C=O) groups excluding carboxylic acids is 1. The number of para-hydroxylation sites is 4. The van der Waals surface area contributed by atoms with E-state index in [1.54, 1.807) is 24.3 Å². The van der Waals surface area contributed by atoms with Crippen LogP contribution < -0.4 is 14.8 Å². The van der Waals surface area contributed by atoms with Gasteiger partial charge in [0.1, 0.15) is 5.75 Å². The number of nitrogens with zero attached hydrogens (tertiary/aromatic N) is 1. The molecule has 0 saturated heterocycles. The first-order valence-electron chi connectivity index (χ1n) is 7.49. The Kier molecular flexibility index (Phi) is 6.13. The zero-order valence-corrected chi connectivity index (χ0v) is 13.2. The van der Waals surface area contributed by atoms with Crippen LogP contribution in [-0.4, -0.2) is 24.0 Å². The van der Waals surface area contributed by atoms with E-state index in [1.165, 1.54) is 18.2 Å². The average Bonchev–Trinajstić information content (AvgIpc) is 2.59. The molecular weight excluding hydrogens is 312 g/mol. The monoisotopic (exact) mass is 330 g/mol. The van der Waals surface area contributed by atoms with Crippen molar-refractivity contribution in [2.75, 3.05) is 18.5 Å². The summed E-state index contributed by atoms with van der Waals surface area (Å²) in [5.41, 5.74) is 0.346. The predicted molar refractivity (Wildman–Crippen MR) is 89.4 cm³/mol. The molecule has 0 unspecified atom stereocenters. The second-order valence-electron chi connectivity index (χ2n) is 4.91. The SMILES string of the molecule is CCCOc1ccccc1NC(=O)COc1ccccc1[N+](=O)[O-]. The first kappa shape index (κ1) is 17.3. The highest BCUT2D eigenvalue weighted by atomic mass is 16.6. The van der Waals surface area contributed by atoms with Crippen molar-refractivity contribution < 1.29 is 19.2 Å². The van der Waals surface area contributed by atoms with Gasteiger partial charge in [0.2, 0.25) is 0 Å². The van der Waals surface area contributed by atoms with Gasteiger partial charge in [-0.2, -0.15) is 0 Å². The third kappa shape index (κ3) is 4.70. The van der Waals surface area contributed by atoms with E-state index in [2.05, 4.69) is 5.32 Å². The number of ether oxygens (including phenoxy) is 2. The van der Waals surface area contributed by atoms with Crippen LogP contribution in [0.4, 0.5) is 11.4 Å². The Hall–Kier alpha value is -3.09. The minimum absolute atomic E-state index is 0.0492. The van der Waals surface area contributed by atoms with Gasteiger partial charge < -0.3 is 14.8 Å². The van der Waals surface area contributed by atoms with Gasteiger partial charge in [-0.3, -0.25) is 14.9 Å². The number of benzene rings is 2. The van der Waals surface area contributed by atoms with Crippen LogP contribution in [0.15, 0.2) is 48.5 Å². The summed E-state index contributed by atoms with van der Waals surface area (Å²) in [6.07, 6.45) is 0.850. The van der Waals surface area contributed by atoms with E-state index in [9.17, 15) is 14.9 Å². The van der Waals surface area contributed by atoms with Crippen LogP contribution in [0.25, 0.3) is 0 Å². The molecule has 0 fully saturated rings. The molecule has 7 nitrogen and oxygen atoms in total. The molecule has 1 amide bonds. The van der Waals surface area contributed by atoms with E-state index >= 15 is 0 Å². The molecule has 0 radical (unpaired) electrons. The maximum absolute atomic E-state index is 12.0. The van der Waals surface area contributed by atoms with Crippen LogP contribution in [0.3, 0.4) is 0 Å². The van der Waals surface area contributed by atoms with Crippen molar-refractivity contribution in [3.05, 3.63) is 58.6 Å². The van der Waals surface area contributed by atoms with Crippen molar-refractivity contribution in [1.29, 1.82) is 0 Å². The van der Waals surface area contributed by atoms with Gasteiger partial charge in [-0.05, 0) is 24.6 Å². The Balaban J connectivity index is 1.98. The molecule has 0 aliphatic rings. The number of hydrogen-bond acceptors (Lipinski definition) is 5. The summed E-state index contributed by atoms with van der Waals surface area (Å²) in [6, 6.07) is 13.0. The fourth-order valence-electron chi connectivity index (χ4n) is 1.97. The Morgan fingerprint density at radius 1 is 1.08 bits per heavy atom. The van der Waals surface area contributed by atoms with E-state index in [4.69, 9.17) is 9.47 Å². The molecule has 7 heteroatoms. The fraction of sp³-hybridized carbons (Fsp3) is 0.235. The standard InChI is InChI=1S/C17H18N2O5/c1-2-11-23-15-9-5-3-7-13(15)18-17(20)12-24-16-10-6-4-8-14(16)19(21)22/h3-10H,2,11-12H2,1H3,(H,18,20). The Bertz CT molecular complexity index is 718. The first-order valence-corrected chi connectivity index (χ1v) is 7.49. The second-order valence-corrected chi connectivity index (χ2v) is 4.91. The van der Waals surface area contributed by atoms with Crippen molar-refractivity contribution in [3.63, 3.8) is 0 Å². The lowest BCUT2D eigenvalue weighted by Crippen LogP contribution is -2.21. The minimum Gasteiger partial charge on any atom is -0.491 e. The number of carbonyl (C=O) groups is 1. The molecular formula is C17H18N2O5. The van der Waals surface area contributed by atoms with Gasteiger partial charge >= 0.3 is 5.69 Å². The maximum atomic E-state index is 12.0. The first-order chi connectivity index (χ1) is 11.6. The van der Waals surface area contributed by atoms with Crippen molar-refractivity contribution in [3.8, 4) is 11.5 Å². The molecule has 126 valence electrons. The van der Waals surface area contributed by atoms with Gasteiger partial charge in [0.15, 0.2) is 12.4 Å². The van der Waals surface area contributed by atoms with E-state index in [0.29, 0.717) is 18.0 Å². The second kappa shape index (κ2) is 8.52. The highest BCUT2D eigenvalue weighted by Crippen LogP contribution is 2.26. The Morgan fingerprint density at radius 3 is 2.46 bits per heavy atom. The molecule has 2 aromatic carbocycles. The van der Waals surface area contributed by atoms with E-state index in [0.717, 1.165) is 6.42 Å². The number of hydrogen-bond donors (Lipinski definition) is 1. The largest absolute Gasteiger partial charge is 0.491 e. The number of rotatable bonds is 8. The van der Waals surface area contributed by atoms with Crippen LogP contribution in [0.2, 0.25) is 0 Å². The van der Waals surface area contributed by atoms with Crippen LogP contribution in [0.5, 0.6) is 11.5 Å². The van der Waals surface area contributed by atoms with E-state index < -0.39 is 10.8 Å². The average molecular weight is 330 g/mol. The highest BCUT2D eigenvalue weighted by molar-refractivity contribution is 5.93. The summed E-state index contributed by atoms with van der Waals surface area (Å²) in [4.78, 5) is 22.4. The molecule has 0 heterocycles. The number of nitro groups is 1. The van der Waals surface area contributed by atoms with Crippen LogP contribution >= 0.6 is 0 Å². The summed E-state index contributed by atoms with van der Waals surface area (Å²) >= 11 is 0. The number of nitrogens with one attached hydrogen (secondary N) is 1. The lowest BCUT2D eigenvalue weighted by Gasteiger charge is -2.12. The van der Waals surface area contributed by atoms with Crippen LogP contribution in [0, 0.1) is 10.1 Å². The Labute approximate surface area is 139 Å². The van der Waals surface area contributed by atoms with Gasteiger partial charge in [0.25, 0.3) is 5.91 Å². The third-order valence-electron chi connectivity index (χ3n) is 3.04. The Morgan fingerprint density at radius 2 is 1.75 bits per heavy atom. The molecule has 2 rings (SSSR count). The van der Waals surface area contributed by atoms with Crippen molar-refractivity contribution in [1.82, 2.24) is 0 Å². The van der Waals surface area contributed by atoms with Crippen molar-refractivity contribution in [2.24, 2.45) is 0 Å². The normalized spacial score (nSPS) is 10.0. The van der Waals surface area contributed by atoms with E-state index in [1.807, 2.05) is 13.0 Å². The lowest BCUT2D eigenvalue weighted by molar-refractivity contribution is -0.385. The molecule has 2 aromatic rings. The third-order valence-corrected chi connectivity index (χ3v) is 3.04. The molecule has 0 aliphatic heterocycles. The smallest absolute Gasteiger partial charge is 0.310 e. The van der Waals surface area contributed by atoms with Crippen LogP contribution in [0.1, 0.15) is 13.3 Å². The van der Waals surface area contributed by atoms with Crippen molar-refractivity contribution in [2.45, 2.75) is 13.3 Å². The fourth-order valence-corrected chi connectivity index (χ4v) is 1.97.